The smallest absolute Gasteiger partial charge is 0.272 e. The first-order chi connectivity index (χ1) is 11.2. The normalized spacial score (nSPS) is 17.0. The summed E-state index contributed by atoms with van der Waals surface area (Å²) in [6, 6.07) is 10.1. The van der Waals surface area contributed by atoms with Crippen LogP contribution in [-0.4, -0.2) is 15.3 Å². The van der Waals surface area contributed by atoms with E-state index in [2.05, 4.69) is 20.7 Å². The molecule has 4 rings (SSSR count). The molecule has 0 saturated carbocycles. The van der Waals surface area contributed by atoms with Crippen molar-refractivity contribution in [1.29, 1.82) is 0 Å². The molecule has 2 heterocycles. The molecule has 0 spiro atoms. The Morgan fingerprint density at radius 3 is 3.17 bits per heavy atom. The van der Waals surface area contributed by atoms with Crippen molar-refractivity contribution in [2.24, 2.45) is 0 Å². The molecule has 1 atom stereocenters. The summed E-state index contributed by atoms with van der Waals surface area (Å²) in [6.07, 6.45) is 4.83. The fourth-order valence-corrected chi connectivity index (χ4v) is 3.95. The maximum Gasteiger partial charge on any atom is 0.272 e. The second kappa shape index (κ2) is 5.74. The van der Waals surface area contributed by atoms with Crippen LogP contribution in [0.15, 0.2) is 36.5 Å². The first-order valence-corrected chi connectivity index (χ1v) is 8.60. The van der Waals surface area contributed by atoms with E-state index in [1.54, 1.807) is 6.20 Å². The van der Waals surface area contributed by atoms with Gasteiger partial charge in [-0.3, -0.25) is 9.78 Å². The number of pyridine rings is 1. The summed E-state index contributed by atoms with van der Waals surface area (Å²) in [5.41, 5.74) is 3.90. The standard InChI is InChI=1S/C18H17N3OS/c1-11-7-8-15-13(10-11)17(21-23-15)18(22)20-14-6-2-4-12-5-3-9-19-16(12)14/h3,5,7-10,14H,2,4,6H2,1H3,(H,20,22)/t14-/m0/s1. The third kappa shape index (κ3) is 2.61. The summed E-state index contributed by atoms with van der Waals surface area (Å²) >= 11 is 1.37. The third-order valence-corrected chi connectivity index (χ3v) is 5.17. The van der Waals surface area contributed by atoms with Gasteiger partial charge in [-0.25, -0.2) is 0 Å². The fraction of sp³-hybridized carbons (Fsp3) is 0.278. The van der Waals surface area contributed by atoms with E-state index in [-0.39, 0.29) is 11.9 Å². The number of nitrogens with one attached hydrogen (secondary N) is 1. The minimum Gasteiger partial charge on any atom is -0.342 e. The Morgan fingerprint density at radius 2 is 2.26 bits per heavy atom. The number of benzene rings is 1. The maximum absolute atomic E-state index is 12.7. The molecule has 2 aromatic heterocycles. The van der Waals surface area contributed by atoms with Crippen LogP contribution in [0, 0.1) is 6.92 Å². The quantitative estimate of drug-likeness (QED) is 0.780. The largest absolute Gasteiger partial charge is 0.342 e. The number of amides is 1. The zero-order valence-corrected chi connectivity index (χ0v) is 13.7. The van der Waals surface area contributed by atoms with E-state index < -0.39 is 0 Å². The summed E-state index contributed by atoms with van der Waals surface area (Å²) < 4.78 is 5.41. The molecule has 1 amide bonds. The minimum absolute atomic E-state index is 0.0194. The average Bonchev–Trinajstić information content (AvgIpc) is 2.98. The van der Waals surface area contributed by atoms with E-state index >= 15 is 0 Å². The number of carbonyl (C=O) groups excluding carboxylic acids is 1. The van der Waals surface area contributed by atoms with Gasteiger partial charge in [0, 0.05) is 11.6 Å². The summed E-state index contributed by atoms with van der Waals surface area (Å²) in [6.45, 7) is 2.03. The van der Waals surface area contributed by atoms with Gasteiger partial charge in [0.25, 0.3) is 5.91 Å². The number of nitrogens with zero attached hydrogens (tertiary/aromatic N) is 2. The predicted octanol–water partition coefficient (Wildman–Crippen LogP) is 3.81. The van der Waals surface area contributed by atoms with Crippen molar-refractivity contribution in [2.45, 2.75) is 32.2 Å². The van der Waals surface area contributed by atoms with Crippen LogP contribution in [0.3, 0.4) is 0 Å². The monoisotopic (exact) mass is 323 g/mol. The van der Waals surface area contributed by atoms with Gasteiger partial charge in [0.1, 0.15) is 5.69 Å². The highest BCUT2D eigenvalue weighted by Gasteiger charge is 2.25. The van der Waals surface area contributed by atoms with Crippen LogP contribution in [-0.2, 0) is 6.42 Å². The lowest BCUT2D eigenvalue weighted by Crippen LogP contribution is -2.32. The van der Waals surface area contributed by atoms with Crippen molar-refractivity contribution in [3.63, 3.8) is 0 Å². The lowest BCUT2D eigenvalue weighted by molar-refractivity contribution is 0.0929. The maximum atomic E-state index is 12.7. The zero-order valence-electron chi connectivity index (χ0n) is 12.9. The molecule has 4 nitrogen and oxygen atoms in total. The van der Waals surface area contributed by atoms with Crippen LogP contribution in [0.4, 0.5) is 0 Å². The van der Waals surface area contributed by atoms with Crippen LogP contribution in [0.25, 0.3) is 10.1 Å². The summed E-state index contributed by atoms with van der Waals surface area (Å²) in [5, 5.41) is 4.07. The van der Waals surface area contributed by atoms with Crippen LogP contribution in [0.1, 0.15) is 46.2 Å². The highest BCUT2D eigenvalue weighted by Crippen LogP contribution is 2.29. The molecule has 0 radical (unpaired) electrons. The summed E-state index contributed by atoms with van der Waals surface area (Å²) in [7, 11) is 0. The number of aryl methyl sites for hydroxylation is 2. The molecule has 5 heteroatoms. The van der Waals surface area contributed by atoms with Crippen molar-refractivity contribution in [3.8, 4) is 0 Å². The van der Waals surface area contributed by atoms with Crippen molar-refractivity contribution in [1.82, 2.24) is 14.7 Å². The van der Waals surface area contributed by atoms with Crippen molar-refractivity contribution < 1.29 is 4.79 Å². The van der Waals surface area contributed by atoms with Crippen LogP contribution in [0.2, 0.25) is 0 Å². The van der Waals surface area contributed by atoms with Crippen molar-refractivity contribution >= 4 is 27.5 Å². The van der Waals surface area contributed by atoms with E-state index in [0.29, 0.717) is 5.69 Å². The van der Waals surface area contributed by atoms with Crippen LogP contribution >= 0.6 is 11.5 Å². The third-order valence-electron chi connectivity index (χ3n) is 4.34. The molecule has 1 aromatic carbocycles. The molecule has 0 fully saturated rings. The molecule has 0 bridgehead atoms. The van der Waals surface area contributed by atoms with Gasteiger partial charge in [-0.05, 0) is 61.5 Å². The molecular formula is C18H17N3OS. The van der Waals surface area contributed by atoms with E-state index in [9.17, 15) is 4.79 Å². The number of aromatic nitrogens is 2. The topological polar surface area (TPSA) is 54.9 Å². The fourth-order valence-electron chi connectivity index (χ4n) is 3.19. The van der Waals surface area contributed by atoms with E-state index in [4.69, 9.17) is 0 Å². The van der Waals surface area contributed by atoms with Gasteiger partial charge in [-0.2, -0.15) is 4.37 Å². The Kier molecular flexibility index (Phi) is 3.58. The van der Waals surface area contributed by atoms with Gasteiger partial charge >= 0.3 is 0 Å². The molecule has 1 aliphatic carbocycles. The minimum atomic E-state index is -0.106. The van der Waals surface area contributed by atoms with Crippen molar-refractivity contribution in [3.05, 3.63) is 59.0 Å². The Hall–Kier alpha value is -2.27. The molecule has 116 valence electrons. The molecule has 1 aliphatic rings. The summed E-state index contributed by atoms with van der Waals surface area (Å²) in [5.74, 6) is -0.106. The molecule has 23 heavy (non-hydrogen) atoms. The van der Waals surface area contributed by atoms with E-state index in [1.807, 2.05) is 31.2 Å². The molecule has 1 N–H and O–H groups in total. The van der Waals surface area contributed by atoms with Gasteiger partial charge in [-0.1, -0.05) is 17.7 Å². The van der Waals surface area contributed by atoms with Gasteiger partial charge in [0.05, 0.1) is 16.4 Å². The van der Waals surface area contributed by atoms with Gasteiger partial charge in [0.15, 0.2) is 0 Å². The molecular weight excluding hydrogens is 306 g/mol. The molecule has 0 unspecified atom stereocenters. The second-order valence-electron chi connectivity index (χ2n) is 6.00. The Labute approximate surface area is 138 Å². The van der Waals surface area contributed by atoms with Gasteiger partial charge in [-0.15, -0.1) is 0 Å². The first kappa shape index (κ1) is 14.3. The van der Waals surface area contributed by atoms with Crippen LogP contribution < -0.4 is 5.32 Å². The zero-order chi connectivity index (χ0) is 15.8. The molecule has 3 aromatic rings. The number of rotatable bonds is 2. The van der Waals surface area contributed by atoms with E-state index in [0.717, 1.165) is 40.6 Å². The predicted molar refractivity (Wildman–Crippen MR) is 91.7 cm³/mol. The number of hydrogen-bond donors (Lipinski definition) is 1. The first-order valence-electron chi connectivity index (χ1n) is 7.83. The number of carbonyl (C=O) groups is 1. The highest BCUT2D eigenvalue weighted by molar-refractivity contribution is 7.13. The number of hydrogen-bond acceptors (Lipinski definition) is 4. The Bertz CT molecular complexity index is 887. The SMILES string of the molecule is Cc1ccc2snc(C(=O)N[C@H]3CCCc4cccnc43)c2c1. The lowest BCUT2D eigenvalue weighted by Gasteiger charge is -2.24. The molecule has 0 saturated heterocycles. The Balaban J connectivity index is 1.64. The van der Waals surface area contributed by atoms with E-state index in [1.165, 1.54) is 17.1 Å². The van der Waals surface area contributed by atoms with Gasteiger partial charge < -0.3 is 5.32 Å². The van der Waals surface area contributed by atoms with Crippen LogP contribution in [0.5, 0.6) is 0 Å². The van der Waals surface area contributed by atoms with Crippen molar-refractivity contribution in [2.75, 3.05) is 0 Å². The van der Waals surface area contributed by atoms with Gasteiger partial charge in [0.2, 0.25) is 0 Å². The average molecular weight is 323 g/mol. The highest BCUT2D eigenvalue weighted by atomic mass is 32.1. The number of fused-ring (bicyclic) bond motifs is 2. The Morgan fingerprint density at radius 1 is 1.35 bits per heavy atom. The molecule has 0 aliphatic heterocycles. The summed E-state index contributed by atoms with van der Waals surface area (Å²) in [4.78, 5) is 17.2. The lowest BCUT2D eigenvalue weighted by atomic mass is 9.92. The second-order valence-corrected chi connectivity index (χ2v) is 6.80.